The largest absolute Gasteiger partial charge is 0.489 e. The fourth-order valence-electron chi connectivity index (χ4n) is 3.72. The second kappa shape index (κ2) is 7.38. The summed E-state index contributed by atoms with van der Waals surface area (Å²) >= 11 is 0. The van der Waals surface area contributed by atoms with Crippen LogP contribution in [0.4, 0.5) is 5.69 Å². The molecule has 2 saturated carbocycles. The first-order valence-corrected chi connectivity index (χ1v) is 10.2. The minimum Gasteiger partial charge on any atom is -0.489 e. The third-order valence-corrected chi connectivity index (χ3v) is 5.40. The van der Waals surface area contributed by atoms with Crippen LogP contribution in [0.2, 0.25) is 0 Å². The number of hydrogen-bond acceptors (Lipinski definition) is 2. The fraction of sp³-hybridized carbons (Fsp3) is 0.458. The number of anilines is 1. The number of hydrogen-bond donors (Lipinski definition) is 0. The van der Waals surface area contributed by atoms with Gasteiger partial charge in [0.2, 0.25) is 6.41 Å². The summed E-state index contributed by atoms with van der Waals surface area (Å²) in [5, 5.41) is 0. The highest BCUT2D eigenvalue weighted by molar-refractivity contribution is 5.79. The van der Waals surface area contributed by atoms with Gasteiger partial charge < -0.3 is 9.64 Å². The summed E-state index contributed by atoms with van der Waals surface area (Å²) in [5.74, 6) is 2.23. The molecule has 0 N–H and O–H groups in total. The Morgan fingerprint density at radius 2 is 1.67 bits per heavy atom. The van der Waals surface area contributed by atoms with Crippen LogP contribution in [0.25, 0.3) is 0 Å². The Balaban J connectivity index is 1.63. The van der Waals surface area contributed by atoms with Crippen molar-refractivity contribution in [3.63, 3.8) is 0 Å². The summed E-state index contributed by atoms with van der Waals surface area (Å²) in [6.07, 6.45) is 6.20. The maximum Gasteiger partial charge on any atom is 0.214 e. The molecule has 142 valence electrons. The Kier molecular flexibility index (Phi) is 4.94. The van der Waals surface area contributed by atoms with Gasteiger partial charge in [-0.15, -0.1) is 0 Å². The molecule has 2 aromatic rings. The van der Waals surface area contributed by atoms with Gasteiger partial charge in [0.05, 0.1) is 18.3 Å². The first-order valence-electron chi connectivity index (χ1n) is 10.2. The Morgan fingerprint density at radius 1 is 1.04 bits per heavy atom. The average Bonchev–Trinajstić information content (AvgIpc) is 3.52. The molecule has 2 fully saturated rings. The van der Waals surface area contributed by atoms with E-state index in [1.807, 2.05) is 39.0 Å². The van der Waals surface area contributed by atoms with Crippen molar-refractivity contribution in [2.75, 3.05) is 4.90 Å². The van der Waals surface area contributed by atoms with Crippen molar-refractivity contribution in [3.05, 3.63) is 58.7 Å². The molecule has 0 atom stereocenters. The molecule has 0 unspecified atom stereocenters. The number of nitrogens with zero attached hydrogens (tertiary/aromatic N) is 1. The molecule has 2 aliphatic rings. The summed E-state index contributed by atoms with van der Waals surface area (Å²) in [5.41, 5.74) is 6.12. The Bertz CT molecular complexity index is 804. The van der Waals surface area contributed by atoms with E-state index >= 15 is 0 Å². The quantitative estimate of drug-likeness (QED) is 0.563. The van der Waals surface area contributed by atoms with Crippen molar-refractivity contribution in [2.24, 2.45) is 0 Å². The van der Waals surface area contributed by atoms with Crippen molar-refractivity contribution in [3.8, 4) is 5.75 Å². The summed E-state index contributed by atoms with van der Waals surface area (Å²) in [6, 6.07) is 13.1. The number of benzene rings is 2. The zero-order valence-electron chi connectivity index (χ0n) is 16.6. The second-order valence-corrected chi connectivity index (χ2v) is 8.43. The highest BCUT2D eigenvalue weighted by Gasteiger charge is 2.28. The molecule has 3 heteroatoms. The minimum atomic E-state index is 0.0683. The second-order valence-electron chi connectivity index (χ2n) is 8.43. The van der Waals surface area contributed by atoms with Crippen molar-refractivity contribution < 1.29 is 9.53 Å². The zero-order valence-corrected chi connectivity index (χ0v) is 16.6. The third-order valence-electron chi connectivity index (χ3n) is 5.40. The van der Waals surface area contributed by atoms with Gasteiger partial charge in [-0.1, -0.05) is 24.3 Å². The van der Waals surface area contributed by atoms with E-state index in [1.54, 1.807) is 4.90 Å². The third kappa shape index (κ3) is 4.35. The molecular formula is C24H29NO2. The molecule has 3 nitrogen and oxygen atoms in total. The van der Waals surface area contributed by atoms with Gasteiger partial charge in [-0.3, -0.25) is 4.79 Å². The smallest absolute Gasteiger partial charge is 0.214 e. The van der Waals surface area contributed by atoms with E-state index in [1.165, 1.54) is 42.4 Å². The Labute approximate surface area is 162 Å². The maximum absolute atomic E-state index is 12.0. The normalized spacial score (nSPS) is 16.4. The predicted octanol–water partition coefficient (Wildman–Crippen LogP) is 5.70. The van der Waals surface area contributed by atoms with Gasteiger partial charge in [0, 0.05) is 0 Å². The number of rotatable bonds is 8. The molecule has 0 bridgehead atoms. The van der Waals surface area contributed by atoms with Crippen LogP contribution in [0.1, 0.15) is 73.6 Å². The van der Waals surface area contributed by atoms with E-state index in [2.05, 4.69) is 18.2 Å². The fourth-order valence-corrected chi connectivity index (χ4v) is 3.72. The molecule has 0 saturated heterocycles. The van der Waals surface area contributed by atoms with E-state index in [0.717, 1.165) is 35.2 Å². The van der Waals surface area contributed by atoms with Crippen LogP contribution in [0.5, 0.6) is 5.75 Å². The molecular weight excluding hydrogens is 334 g/mol. The molecule has 0 radical (unpaired) electrons. The van der Waals surface area contributed by atoms with E-state index in [-0.39, 0.29) is 6.10 Å². The monoisotopic (exact) mass is 363 g/mol. The maximum atomic E-state index is 12.0. The molecule has 1 amide bonds. The highest BCUT2D eigenvalue weighted by Crippen LogP contribution is 2.45. The van der Waals surface area contributed by atoms with Crippen molar-refractivity contribution >= 4 is 12.1 Å². The molecule has 2 aromatic carbocycles. The number of carbonyl (C=O) groups excluding carboxylic acids is 1. The first kappa shape index (κ1) is 18.1. The van der Waals surface area contributed by atoms with Crippen molar-refractivity contribution in [1.82, 2.24) is 0 Å². The lowest BCUT2D eigenvalue weighted by molar-refractivity contribution is -0.107. The van der Waals surface area contributed by atoms with E-state index < -0.39 is 0 Å². The van der Waals surface area contributed by atoms with Crippen LogP contribution in [0, 0.1) is 6.92 Å². The van der Waals surface area contributed by atoms with Crippen molar-refractivity contribution in [2.45, 2.75) is 70.9 Å². The molecule has 0 aromatic heterocycles. The van der Waals surface area contributed by atoms with Crippen LogP contribution < -0.4 is 9.64 Å². The van der Waals surface area contributed by atoms with Gasteiger partial charge in [0.25, 0.3) is 0 Å². The van der Waals surface area contributed by atoms with Gasteiger partial charge in [-0.2, -0.15) is 0 Å². The molecule has 0 aliphatic heterocycles. The lowest BCUT2D eigenvalue weighted by Crippen LogP contribution is -2.22. The molecule has 0 heterocycles. The number of carbonyl (C=O) groups is 1. The lowest BCUT2D eigenvalue weighted by atomic mass is 9.99. The van der Waals surface area contributed by atoms with Crippen LogP contribution in [-0.2, 0) is 11.3 Å². The average molecular weight is 364 g/mol. The summed E-state index contributed by atoms with van der Waals surface area (Å²) in [6.45, 7) is 6.65. The van der Waals surface area contributed by atoms with Gasteiger partial charge in [-0.05, 0) is 92.7 Å². The van der Waals surface area contributed by atoms with E-state index in [4.69, 9.17) is 4.74 Å². The predicted molar refractivity (Wildman–Crippen MR) is 110 cm³/mol. The lowest BCUT2D eigenvalue weighted by Gasteiger charge is -2.23. The van der Waals surface area contributed by atoms with E-state index in [0.29, 0.717) is 6.54 Å². The van der Waals surface area contributed by atoms with Gasteiger partial charge in [-0.25, -0.2) is 0 Å². The van der Waals surface area contributed by atoms with Gasteiger partial charge in [0.1, 0.15) is 5.75 Å². The summed E-state index contributed by atoms with van der Waals surface area (Å²) in [7, 11) is 0. The number of ether oxygens (including phenoxy) is 1. The molecule has 2 aliphatic carbocycles. The Hall–Kier alpha value is -2.29. The van der Waals surface area contributed by atoms with Crippen LogP contribution in [0.3, 0.4) is 0 Å². The molecule has 0 spiro atoms. The van der Waals surface area contributed by atoms with Gasteiger partial charge in [0.15, 0.2) is 0 Å². The first-order chi connectivity index (χ1) is 13.0. The number of aryl methyl sites for hydroxylation is 1. The van der Waals surface area contributed by atoms with Crippen LogP contribution in [-0.4, -0.2) is 12.5 Å². The van der Waals surface area contributed by atoms with Crippen LogP contribution >= 0.6 is 0 Å². The number of amides is 1. The van der Waals surface area contributed by atoms with Crippen molar-refractivity contribution in [1.29, 1.82) is 0 Å². The van der Waals surface area contributed by atoms with E-state index in [9.17, 15) is 4.79 Å². The minimum absolute atomic E-state index is 0.0683. The summed E-state index contributed by atoms with van der Waals surface area (Å²) in [4.78, 5) is 13.7. The highest BCUT2D eigenvalue weighted by atomic mass is 16.5. The topological polar surface area (TPSA) is 29.5 Å². The van der Waals surface area contributed by atoms with Gasteiger partial charge >= 0.3 is 0 Å². The molecule has 4 rings (SSSR count). The standard InChI is InChI=1S/C24H29NO2/c1-16(2)27-24-10-17(3)4-9-23(24)25(15-26)14-18-11-21(19-5-6-19)13-22(12-18)20-7-8-20/h4,9-13,15-16,19-20H,5-8,14H2,1-3H3. The SMILES string of the molecule is Cc1ccc(N(C=O)Cc2cc(C3CC3)cc(C3CC3)c2)c(OC(C)C)c1. The Morgan fingerprint density at radius 3 is 2.19 bits per heavy atom. The summed E-state index contributed by atoms with van der Waals surface area (Å²) < 4.78 is 5.99. The molecule has 27 heavy (non-hydrogen) atoms. The zero-order chi connectivity index (χ0) is 19.0. The van der Waals surface area contributed by atoms with Crippen LogP contribution in [0.15, 0.2) is 36.4 Å².